The number of aryl methyl sites for hydroxylation is 2. The van der Waals surface area contributed by atoms with Crippen LogP contribution < -0.4 is 10.2 Å². The number of carbonyl (C=O) groups excluding carboxylic acids is 1. The average Bonchev–Trinajstić information content (AvgIpc) is 3.16. The number of anilines is 2. The third-order valence-electron chi connectivity index (χ3n) is 6.31. The van der Waals surface area contributed by atoms with Crippen molar-refractivity contribution < 1.29 is 4.79 Å². The van der Waals surface area contributed by atoms with Crippen LogP contribution in [0.15, 0.2) is 60.8 Å². The van der Waals surface area contributed by atoms with Gasteiger partial charge in [0.15, 0.2) is 5.65 Å². The summed E-state index contributed by atoms with van der Waals surface area (Å²) in [6, 6.07) is 18.0. The van der Waals surface area contributed by atoms with Gasteiger partial charge in [0.05, 0.1) is 22.3 Å². The van der Waals surface area contributed by atoms with Crippen molar-refractivity contribution >= 4 is 39.9 Å². The third-order valence-corrected chi connectivity index (χ3v) is 6.55. The molecule has 0 aliphatic carbocycles. The van der Waals surface area contributed by atoms with Crippen LogP contribution in [0.25, 0.3) is 11.0 Å². The summed E-state index contributed by atoms with van der Waals surface area (Å²) in [6.07, 6.45) is 1.68. The Morgan fingerprint density at radius 1 is 1.06 bits per heavy atom. The molecule has 174 valence electrons. The molecule has 2 aromatic carbocycles. The first-order chi connectivity index (χ1) is 16.5. The summed E-state index contributed by atoms with van der Waals surface area (Å²) >= 11 is 6.16. The Hall–Kier alpha value is -3.58. The third kappa shape index (κ3) is 4.31. The molecule has 3 heterocycles. The van der Waals surface area contributed by atoms with Gasteiger partial charge in [0.2, 0.25) is 0 Å². The Labute approximate surface area is 204 Å². The number of carbonyl (C=O) groups is 1. The Morgan fingerprint density at radius 3 is 2.56 bits per heavy atom. The highest BCUT2D eigenvalue weighted by molar-refractivity contribution is 6.30. The monoisotopic (exact) mass is 474 g/mol. The maximum atomic E-state index is 13.7. The quantitative estimate of drug-likeness (QED) is 0.461. The van der Waals surface area contributed by atoms with Crippen molar-refractivity contribution in [3.63, 3.8) is 0 Å². The van der Waals surface area contributed by atoms with E-state index in [9.17, 15) is 4.79 Å². The second-order valence-electron chi connectivity index (χ2n) is 8.55. The number of amides is 1. The van der Waals surface area contributed by atoms with Gasteiger partial charge in [-0.3, -0.25) is 9.48 Å². The molecule has 1 aliphatic heterocycles. The molecule has 34 heavy (non-hydrogen) atoms. The number of hydrogen-bond donors (Lipinski definition) is 1. The molecular weight excluding hydrogens is 448 g/mol. The zero-order chi connectivity index (χ0) is 23.7. The van der Waals surface area contributed by atoms with E-state index in [1.165, 1.54) is 0 Å². The number of aromatic nitrogens is 3. The first-order valence-electron chi connectivity index (χ1n) is 11.4. The molecule has 0 bridgehead atoms. The SMILES string of the molecule is Cc1nn(C)c2ncc(C(=O)N3CCN(c4cccc(Cl)c4)CC3)c(NCc3ccccc3)c12. The Morgan fingerprint density at radius 2 is 1.82 bits per heavy atom. The predicted molar refractivity (Wildman–Crippen MR) is 137 cm³/mol. The number of nitrogens with zero attached hydrogens (tertiary/aromatic N) is 5. The van der Waals surface area contributed by atoms with E-state index in [0.29, 0.717) is 25.2 Å². The molecule has 0 spiro atoms. The Bertz CT molecular complexity index is 1330. The van der Waals surface area contributed by atoms with Crippen molar-refractivity contribution in [1.29, 1.82) is 0 Å². The van der Waals surface area contributed by atoms with Crippen molar-refractivity contribution in [2.45, 2.75) is 13.5 Å². The molecule has 4 aromatic rings. The standard InChI is InChI=1S/C26H27ClN6O/c1-18-23-24(28-16-19-7-4-3-5-8-19)22(17-29-25(23)31(2)30-18)26(34)33-13-11-32(12-14-33)21-10-6-9-20(27)15-21/h3-10,15,17H,11-14,16H2,1-2H3,(H,28,29). The maximum Gasteiger partial charge on any atom is 0.257 e. The molecule has 0 saturated carbocycles. The molecule has 1 amide bonds. The fourth-order valence-electron chi connectivity index (χ4n) is 4.55. The van der Waals surface area contributed by atoms with Crippen LogP contribution in [0.4, 0.5) is 11.4 Å². The zero-order valence-electron chi connectivity index (χ0n) is 19.3. The molecule has 5 rings (SSSR count). The molecule has 1 N–H and O–H groups in total. The molecule has 0 atom stereocenters. The molecule has 7 nitrogen and oxygen atoms in total. The van der Waals surface area contributed by atoms with Crippen LogP contribution in [0.2, 0.25) is 5.02 Å². The second-order valence-corrected chi connectivity index (χ2v) is 8.99. The van der Waals surface area contributed by atoms with Crippen LogP contribution in [0.3, 0.4) is 0 Å². The normalized spacial score (nSPS) is 14.0. The number of rotatable bonds is 5. The minimum absolute atomic E-state index is 0.0149. The molecule has 1 aliphatic rings. The van der Waals surface area contributed by atoms with Gasteiger partial charge in [-0.25, -0.2) is 4.98 Å². The summed E-state index contributed by atoms with van der Waals surface area (Å²) < 4.78 is 1.76. The van der Waals surface area contributed by atoms with E-state index < -0.39 is 0 Å². The number of hydrogen-bond acceptors (Lipinski definition) is 5. The fourth-order valence-corrected chi connectivity index (χ4v) is 4.74. The smallest absolute Gasteiger partial charge is 0.257 e. The van der Waals surface area contributed by atoms with E-state index in [0.717, 1.165) is 51.8 Å². The summed E-state index contributed by atoms with van der Waals surface area (Å²) in [6.45, 7) is 5.33. The van der Waals surface area contributed by atoms with E-state index in [1.807, 2.05) is 55.3 Å². The molecule has 1 fully saturated rings. The number of benzene rings is 2. The molecule has 2 aromatic heterocycles. The van der Waals surface area contributed by atoms with Crippen LogP contribution in [-0.4, -0.2) is 51.8 Å². The van der Waals surface area contributed by atoms with Crippen LogP contribution in [0, 0.1) is 6.92 Å². The van der Waals surface area contributed by atoms with Gasteiger partial charge in [0.1, 0.15) is 0 Å². The highest BCUT2D eigenvalue weighted by Crippen LogP contribution is 2.30. The van der Waals surface area contributed by atoms with Gasteiger partial charge < -0.3 is 15.1 Å². The molecule has 0 unspecified atom stereocenters. The average molecular weight is 475 g/mol. The summed E-state index contributed by atoms with van der Waals surface area (Å²) in [4.78, 5) is 22.4. The molecule has 1 saturated heterocycles. The minimum atomic E-state index is -0.0149. The number of pyridine rings is 1. The molecular formula is C26H27ClN6O. The number of fused-ring (bicyclic) bond motifs is 1. The fraction of sp³-hybridized carbons (Fsp3) is 0.269. The van der Waals surface area contributed by atoms with Crippen LogP contribution in [0.5, 0.6) is 0 Å². The van der Waals surface area contributed by atoms with Crippen LogP contribution >= 0.6 is 11.6 Å². The van der Waals surface area contributed by atoms with Crippen LogP contribution in [0.1, 0.15) is 21.6 Å². The van der Waals surface area contributed by atoms with Gasteiger partial charge in [-0.15, -0.1) is 0 Å². The van der Waals surface area contributed by atoms with Gasteiger partial charge in [-0.1, -0.05) is 48.0 Å². The van der Waals surface area contributed by atoms with E-state index in [4.69, 9.17) is 11.6 Å². The van der Waals surface area contributed by atoms with Gasteiger partial charge in [-0.2, -0.15) is 5.10 Å². The summed E-state index contributed by atoms with van der Waals surface area (Å²) in [5.41, 5.74) is 5.20. The highest BCUT2D eigenvalue weighted by atomic mass is 35.5. The zero-order valence-corrected chi connectivity index (χ0v) is 20.1. The summed E-state index contributed by atoms with van der Waals surface area (Å²) in [7, 11) is 1.87. The van der Waals surface area contributed by atoms with Gasteiger partial charge in [0, 0.05) is 56.7 Å². The van der Waals surface area contributed by atoms with E-state index in [2.05, 4.69) is 38.5 Å². The van der Waals surface area contributed by atoms with Gasteiger partial charge >= 0.3 is 0 Å². The van der Waals surface area contributed by atoms with Crippen LogP contribution in [-0.2, 0) is 13.6 Å². The van der Waals surface area contributed by atoms with Gasteiger partial charge in [-0.05, 0) is 30.7 Å². The van der Waals surface area contributed by atoms with E-state index in [-0.39, 0.29) is 5.91 Å². The molecule has 8 heteroatoms. The summed E-state index contributed by atoms with van der Waals surface area (Å²) in [5.74, 6) is -0.0149. The topological polar surface area (TPSA) is 66.3 Å². The second kappa shape index (κ2) is 9.35. The van der Waals surface area contributed by atoms with Crippen molar-refractivity contribution in [3.8, 4) is 0 Å². The Balaban J connectivity index is 1.41. The van der Waals surface area contributed by atoms with Crippen molar-refractivity contribution in [2.75, 3.05) is 36.4 Å². The van der Waals surface area contributed by atoms with E-state index in [1.54, 1.807) is 10.9 Å². The van der Waals surface area contributed by atoms with Gasteiger partial charge in [0.25, 0.3) is 5.91 Å². The number of halogens is 1. The number of nitrogens with one attached hydrogen (secondary N) is 1. The highest BCUT2D eigenvalue weighted by Gasteiger charge is 2.26. The lowest BCUT2D eigenvalue weighted by Gasteiger charge is -2.36. The van der Waals surface area contributed by atoms with Crippen molar-refractivity contribution in [1.82, 2.24) is 19.7 Å². The van der Waals surface area contributed by atoms with Crippen molar-refractivity contribution in [3.05, 3.63) is 82.6 Å². The van der Waals surface area contributed by atoms with E-state index >= 15 is 0 Å². The predicted octanol–water partition coefficient (Wildman–Crippen LogP) is 4.50. The Kier molecular flexibility index (Phi) is 6.11. The first kappa shape index (κ1) is 22.2. The number of piperazine rings is 1. The molecule has 0 radical (unpaired) electrons. The lowest BCUT2D eigenvalue weighted by molar-refractivity contribution is 0.0747. The maximum absolute atomic E-state index is 13.7. The minimum Gasteiger partial charge on any atom is -0.380 e. The van der Waals surface area contributed by atoms with Crippen molar-refractivity contribution in [2.24, 2.45) is 7.05 Å². The largest absolute Gasteiger partial charge is 0.380 e. The lowest BCUT2D eigenvalue weighted by atomic mass is 10.1. The first-order valence-corrected chi connectivity index (χ1v) is 11.8. The lowest BCUT2D eigenvalue weighted by Crippen LogP contribution is -2.49. The summed E-state index contributed by atoms with van der Waals surface area (Å²) in [5, 5.41) is 9.67.